The summed E-state index contributed by atoms with van der Waals surface area (Å²) in [6.07, 6.45) is 10.1. The van der Waals surface area contributed by atoms with Crippen LogP contribution in [-0.2, 0) is 0 Å². The fraction of sp³-hybridized carbons (Fsp3) is 0.316. The molecule has 1 fully saturated rings. The normalized spacial score (nSPS) is 18.7. The first kappa shape index (κ1) is 19.7. The van der Waals surface area contributed by atoms with Crippen molar-refractivity contribution in [2.24, 2.45) is 11.5 Å². The highest BCUT2D eigenvalue weighted by Gasteiger charge is 2.24. The van der Waals surface area contributed by atoms with E-state index in [1.165, 1.54) is 17.1 Å². The first-order valence-electron chi connectivity index (χ1n) is 9.63. The average molecular weight is 411 g/mol. The third-order valence-electron chi connectivity index (χ3n) is 4.99. The molecule has 3 aromatic heterocycles. The number of carbonyl (C=O) groups excluding carboxylic acids is 1. The van der Waals surface area contributed by atoms with Crippen molar-refractivity contribution in [1.82, 2.24) is 24.7 Å². The first-order chi connectivity index (χ1) is 14.5. The van der Waals surface area contributed by atoms with Gasteiger partial charge in [-0.3, -0.25) is 4.79 Å². The van der Waals surface area contributed by atoms with E-state index in [4.69, 9.17) is 11.5 Å². The number of primary amides is 1. The number of nitrogens with two attached hydrogens (primary N) is 2. The summed E-state index contributed by atoms with van der Waals surface area (Å²) in [6, 6.07) is 2.64. The molecule has 0 aromatic carbocycles. The lowest BCUT2D eigenvalue weighted by atomic mass is 9.91. The third-order valence-corrected chi connectivity index (χ3v) is 4.99. The van der Waals surface area contributed by atoms with Crippen molar-refractivity contribution in [2.45, 2.75) is 37.8 Å². The van der Waals surface area contributed by atoms with Crippen LogP contribution in [0.1, 0.15) is 36.0 Å². The minimum atomic E-state index is -0.807. The summed E-state index contributed by atoms with van der Waals surface area (Å²) in [4.78, 5) is 24.5. The zero-order valence-electron chi connectivity index (χ0n) is 16.1. The molecule has 11 heteroatoms. The van der Waals surface area contributed by atoms with Crippen LogP contribution in [0.3, 0.4) is 0 Å². The number of hydrogen-bond donors (Lipinski definition) is 4. The smallest absolute Gasteiger partial charge is 0.252 e. The van der Waals surface area contributed by atoms with Gasteiger partial charge < -0.3 is 22.1 Å². The van der Waals surface area contributed by atoms with Gasteiger partial charge in [0.15, 0.2) is 11.6 Å². The quantitative estimate of drug-likeness (QED) is 0.479. The van der Waals surface area contributed by atoms with Gasteiger partial charge in [-0.05, 0) is 25.0 Å². The van der Waals surface area contributed by atoms with Crippen LogP contribution in [0.25, 0.3) is 5.95 Å². The molecule has 6 N–H and O–H groups in total. The Kier molecular flexibility index (Phi) is 5.53. The molecule has 3 aromatic rings. The van der Waals surface area contributed by atoms with E-state index in [0.29, 0.717) is 11.6 Å². The number of halogens is 1. The molecule has 4 rings (SSSR count). The van der Waals surface area contributed by atoms with E-state index in [9.17, 15) is 9.18 Å². The number of aromatic nitrogens is 5. The molecule has 3 heterocycles. The Morgan fingerprint density at radius 3 is 2.63 bits per heavy atom. The van der Waals surface area contributed by atoms with E-state index < -0.39 is 11.7 Å². The molecule has 0 aliphatic heterocycles. The van der Waals surface area contributed by atoms with Crippen molar-refractivity contribution >= 4 is 23.2 Å². The highest BCUT2D eigenvalue weighted by atomic mass is 19.1. The molecule has 1 amide bonds. The standard InChI is InChI=1S/C19H22FN9O/c20-13-8-12(16(22)30)17(28-18(13)27-15-5-2-1-4-14(15)21)26-11-9-23-19(24-10-11)29-7-3-6-25-29/h3,6-10,14-15H,1-2,4-5,21H2,(H2,22,30)(H2,26,27,28). The van der Waals surface area contributed by atoms with Gasteiger partial charge in [-0.2, -0.15) is 5.10 Å². The lowest BCUT2D eigenvalue weighted by Gasteiger charge is -2.30. The lowest BCUT2D eigenvalue weighted by Crippen LogP contribution is -2.43. The molecule has 2 unspecified atom stereocenters. The van der Waals surface area contributed by atoms with Gasteiger partial charge in [0.2, 0.25) is 0 Å². The number of pyridine rings is 1. The van der Waals surface area contributed by atoms with Crippen molar-refractivity contribution < 1.29 is 9.18 Å². The minimum Gasteiger partial charge on any atom is -0.365 e. The second-order valence-corrected chi connectivity index (χ2v) is 7.13. The topological polar surface area (TPSA) is 150 Å². The number of carbonyl (C=O) groups is 1. The molecule has 0 spiro atoms. The number of anilines is 3. The van der Waals surface area contributed by atoms with Crippen LogP contribution in [0.15, 0.2) is 36.9 Å². The predicted octanol–water partition coefficient (Wildman–Crippen LogP) is 1.72. The van der Waals surface area contributed by atoms with E-state index in [1.807, 2.05) is 0 Å². The molecule has 0 saturated heterocycles. The highest BCUT2D eigenvalue weighted by molar-refractivity contribution is 5.98. The number of rotatable bonds is 6. The monoisotopic (exact) mass is 411 g/mol. The van der Waals surface area contributed by atoms with E-state index >= 15 is 0 Å². The molecule has 1 aliphatic rings. The van der Waals surface area contributed by atoms with Gasteiger partial charge in [0.1, 0.15) is 5.82 Å². The van der Waals surface area contributed by atoms with Crippen molar-refractivity contribution in [2.75, 3.05) is 10.6 Å². The van der Waals surface area contributed by atoms with Crippen LogP contribution < -0.4 is 22.1 Å². The molecule has 1 aliphatic carbocycles. The van der Waals surface area contributed by atoms with Gasteiger partial charge in [0, 0.05) is 24.5 Å². The highest BCUT2D eigenvalue weighted by Crippen LogP contribution is 2.26. The SMILES string of the molecule is NC(=O)c1cc(F)c(NC2CCCCC2N)nc1Nc1cnc(-n2cccn2)nc1. The Morgan fingerprint density at radius 2 is 1.97 bits per heavy atom. The second-order valence-electron chi connectivity index (χ2n) is 7.13. The summed E-state index contributed by atoms with van der Waals surface area (Å²) in [5.41, 5.74) is 11.9. The van der Waals surface area contributed by atoms with Crippen LogP contribution in [0, 0.1) is 5.82 Å². The van der Waals surface area contributed by atoms with E-state index in [0.717, 1.165) is 31.7 Å². The maximum absolute atomic E-state index is 14.6. The Hall–Kier alpha value is -3.60. The molecule has 2 atom stereocenters. The molecule has 10 nitrogen and oxygen atoms in total. The molecule has 0 radical (unpaired) electrons. The second kappa shape index (κ2) is 8.41. The molecule has 156 valence electrons. The largest absolute Gasteiger partial charge is 0.365 e. The number of nitrogens with one attached hydrogen (secondary N) is 2. The van der Waals surface area contributed by atoms with Gasteiger partial charge in [0.05, 0.1) is 23.6 Å². The molecule has 1 saturated carbocycles. The maximum atomic E-state index is 14.6. The third kappa shape index (κ3) is 4.20. The van der Waals surface area contributed by atoms with Gasteiger partial charge in [0.25, 0.3) is 11.9 Å². The maximum Gasteiger partial charge on any atom is 0.252 e. The van der Waals surface area contributed by atoms with Gasteiger partial charge in [-0.1, -0.05) is 12.8 Å². The van der Waals surface area contributed by atoms with Crippen LogP contribution in [0.4, 0.5) is 21.7 Å². The fourth-order valence-electron chi connectivity index (χ4n) is 3.42. The van der Waals surface area contributed by atoms with Crippen molar-refractivity contribution in [3.63, 3.8) is 0 Å². The van der Waals surface area contributed by atoms with E-state index in [1.54, 1.807) is 18.5 Å². The fourth-order valence-corrected chi connectivity index (χ4v) is 3.42. The zero-order chi connectivity index (χ0) is 21.1. The van der Waals surface area contributed by atoms with Crippen LogP contribution in [0.5, 0.6) is 0 Å². The Morgan fingerprint density at radius 1 is 1.20 bits per heavy atom. The van der Waals surface area contributed by atoms with E-state index in [-0.39, 0.29) is 29.3 Å². The number of hydrogen-bond acceptors (Lipinski definition) is 8. The lowest BCUT2D eigenvalue weighted by molar-refractivity contribution is 0.100. The predicted molar refractivity (Wildman–Crippen MR) is 109 cm³/mol. The minimum absolute atomic E-state index is 0.0129. The van der Waals surface area contributed by atoms with Crippen LogP contribution >= 0.6 is 0 Å². The van der Waals surface area contributed by atoms with Gasteiger partial charge >= 0.3 is 0 Å². The van der Waals surface area contributed by atoms with Crippen molar-refractivity contribution in [1.29, 1.82) is 0 Å². The average Bonchev–Trinajstić information content (AvgIpc) is 3.27. The van der Waals surface area contributed by atoms with Gasteiger partial charge in [-0.25, -0.2) is 24.0 Å². The van der Waals surface area contributed by atoms with Crippen LogP contribution in [-0.4, -0.2) is 42.7 Å². The molecular weight excluding hydrogens is 389 g/mol. The number of amides is 1. The Balaban J connectivity index is 1.60. The summed E-state index contributed by atoms with van der Waals surface area (Å²) in [7, 11) is 0. The summed E-state index contributed by atoms with van der Waals surface area (Å²) < 4.78 is 16.1. The summed E-state index contributed by atoms with van der Waals surface area (Å²) in [5, 5.41) is 10.1. The summed E-state index contributed by atoms with van der Waals surface area (Å²) in [5.74, 6) is -0.983. The molecular formula is C19H22FN9O. The van der Waals surface area contributed by atoms with E-state index in [2.05, 4.69) is 30.7 Å². The summed E-state index contributed by atoms with van der Waals surface area (Å²) in [6.45, 7) is 0. The van der Waals surface area contributed by atoms with Gasteiger partial charge in [-0.15, -0.1) is 0 Å². The van der Waals surface area contributed by atoms with Crippen LogP contribution in [0.2, 0.25) is 0 Å². The number of nitrogens with zero attached hydrogens (tertiary/aromatic N) is 5. The summed E-state index contributed by atoms with van der Waals surface area (Å²) >= 11 is 0. The Bertz CT molecular complexity index is 1020. The van der Waals surface area contributed by atoms with Crippen molar-refractivity contribution in [3.05, 3.63) is 48.3 Å². The molecule has 30 heavy (non-hydrogen) atoms. The Labute approximate surface area is 171 Å². The zero-order valence-corrected chi connectivity index (χ0v) is 16.1. The molecule has 0 bridgehead atoms. The van der Waals surface area contributed by atoms with Crippen molar-refractivity contribution in [3.8, 4) is 5.95 Å². The first-order valence-corrected chi connectivity index (χ1v) is 9.63.